The van der Waals surface area contributed by atoms with Crippen LogP contribution < -0.4 is 109 Å². The molecule has 0 radical (unpaired) electrons. The molecule has 1 aromatic rings. The fourth-order valence-corrected chi connectivity index (χ4v) is 2.27. The first-order chi connectivity index (χ1) is 6.64. The van der Waals surface area contributed by atoms with E-state index in [9.17, 15) is 25.9 Å². The molecular weight excluding hydrogens is 324 g/mol. The van der Waals surface area contributed by atoms with Crippen LogP contribution in [0, 0.1) is 0 Å². The van der Waals surface area contributed by atoms with E-state index in [2.05, 4.69) is 0 Å². The maximum absolute atomic E-state index is 10.6. The average molecular weight is 329 g/mol. The topological polar surface area (TPSA) is 140 Å². The van der Waals surface area contributed by atoms with Crippen LogP contribution in [0.2, 0.25) is 0 Å². The number of hydrogen-bond acceptors (Lipinski definition) is 7. The summed E-state index contributed by atoms with van der Waals surface area (Å²) in [7, 11) is -9.79. The van der Waals surface area contributed by atoms with Crippen molar-refractivity contribution in [2.24, 2.45) is 0 Å². The predicted molar refractivity (Wildman–Crippen MR) is 46.8 cm³/mol. The molecule has 0 saturated carbocycles. The van der Waals surface area contributed by atoms with Gasteiger partial charge in [0.2, 0.25) is 0 Å². The van der Waals surface area contributed by atoms with Gasteiger partial charge in [-0.1, -0.05) is 6.07 Å². The van der Waals surface area contributed by atoms with Crippen molar-refractivity contribution >= 4 is 25.9 Å². The van der Waals surface area contributed by atoms with Gasteiger partial charge in [-0.15, -0.1) is 0 Å². The monoisotopic (exact) mass is 329 g/mol. The van der Waals surface area contributed by atoms with Gasteiger partial charge in [-0.05, 0) is 12.1 Å². The molecule has 0 fully saturated rings. The van der Waals surface area contributed by atoms with Crippen LogP contribution in [0.15, 0.2) is 28.0 Å². The zero-order valence-electron chi connectivity index (χ0n) is 9.08. The second-order valence-corrected chi connectivity index (χ2v) is 5.27. The van der Waals surface area contributed by atoms with E-state index in [0.717, 1.165) is 18.2 Å². The van der Waals surface area contributed by atoms with Crippen molar-refractivity contribution in [1.82, 2.24) is 0 Å². The van der Waals surface area contributed by atoms with Crippen LogP contribution in [0.4, 0.5) is 5.69 Å². The van der Waals surface area contributed by atoms with E-state index < -0.39 is 35.7 Å². The Balaban J connectivity index is 0. The van der Waals surface area contributed by atoms with Crippen molar-refractivity contribution in [2.45, 2.75) is 9.79 Å². The number of hydrogen-bond donors (Lipinski definition) is 1. The van der Waals surface area contributed by atoms with E-state index in [0.29, 0.717) is 0 Å². The summed E-state index contributed by atoms with van der Waals surface area (Å²) >= 11 is 0. The average Bonchev–Trinajstić information content (AvgIpc) is 1.99. The maximum Gasteiger partial charge on any atom is 1.00 e. The van der Waals surface area contributed by atoms with E-state index in [4.69, 9.17) is 5.73 Å². The van der Waals surface area contributed by atoms with Gasteiger partial charge in [-0.3, -0.25) is 0 Å². The molecule has 0 unspecified atom stereocenters. The fraction of sp³-hybridized carbons (Fsp3) is 0. The second-order valence-electron chi connectivity index (χ2n) is 2.58. The van der Waals surface area contributed by atoms with E-state index in [1.807, 2.05) is 0 Å². The standard InChI is InChI=1S/C6H7NO6S2.2K/c7-6-4(14(8,9)10)2-1-3-5(6)15(11,12)13;;/h1-3H,7H2,(H,8,9,10)(H,11,12,13);;/q;2*+1/p-2. The van der Waals surface area contributed by atoms with Gasteiger partial charge in [0.05, 0.1) is 15.5 Å². The van der Waals surface area contributed by atoms with Crippen molar-refractivity contribution < 1.29 is 129 Å². The van der Waals surface area contributed by atoms with Crippen molar-refractivity contribution in [3.05, 3.63) is 18.2 Å². The minimum atomic E-state index is -4.89. The summed E-state index contributed by atoms with van der Waals surface area (Å²) in [4.78, 5) is -1.83. The van der Waals surface area contributed by atoms with Gasteiger partial charge in [0.1, 0.15) is 20.2 Å². The number of anilines is 1. The quantitative estimate of drug-likeness (QED) is 0.323. The Labute approximate surface area is 184 Å². The maximum atomic E-state index is 10.6. The normalized spacial score (nSPS) is 11.2. The molecule has 0 amide bonds. The van der Waals surface area contributed by atoms with Crippen LogP contribution in [0.1, 0.15) is 0 Å². The minimum absolute atomic E-state index is 0. The Morgan fingerprint density at radius 1 is 0.882 bits per heavy atom. The number of benzene rings is 1. The Morgan fingerprint density at radius 3 is 1.41 bits per heavy atom. The molecule has 0 bridgehead atoms. The first kappa shape index (κ1) is 21.4. The molecule has 0 aromatic heterocycles. The van der Waals surface area contributed by atoms with Gasteiger partial charge in [0.25, 0.3) is 0 Å². The molecule has 0 aliphatic carbocycles. The van der Waals surface area contributed by atoms with Crippen LogP contribution >= 0.6 is 0 Å². The van der Waals surface area contributed by atoms with Crippen molar-refractivity contribution in [2.75, 3.05) is 5.73 Å². The number of nitrogens with two attached hydrogens (primary N) is 1. The van der Waals surface area contributed by atoms with E-state index in [1.165, 1.54) is 0 Å². The van der Waals surface area contributed by atoms with Crippen LogP contribution in [0.5, 0.6) is 0 Å². The zero-order valence-corrected chi connectivity index (χ0v) is 17.0. The Hall–Kier alpha value is 2.11. The molecule has 1 aromatic carbocycles. The zero-order chi connectivity index (χ0) is 11.9. The summed E-state index contributed by atoms with van der Waals surface area (Å²) in [5, 5.41) is 0. The number of para-hydroxylation sites is 1. The van der Waals surface area contributed by atoms with E-state index in [1.54, 1.807) is 0 Å². The van der Waals surface area contributed by atoms with Crippen LogP contribution in [-0.2, 0) is 20.2 Å². The van der Waals surface area contributed by atoms with E-state index in [-0.39, 0.29) is 103 Å². The first-order valence-corrected chi connectivity index (χ1v) is 6.26. The SMILES string of the molecule is Nc1c(S(=O)(=O)[O-])cccc1S(=O)(=O)[O-].[K+].[K+]. The van der Waals surface area contributed by atoms with Gasteiger partial charge in [-0.2, -0.15) is 0 Å². The summed E-state index contributed by atoms with van der Waals surface area (Å²) in [5.74, 6) is 0. The predicted octanol–water partition coefficient (Wildman–Crippen LogP) is -6.92. The molecule has 0 aliphatic heterocycles. The van der Waals surface area contributed by atoms with Crippen LogP contribution in [0.3, 0.4) is 0 Å². The molecule has 0 aliphatic rings. The molecule has 0 saturated heterocycles. The van der Waals surface area contributed by atoms with Gasteiger partial charge < -0.3 is 14.8 Å². The van der Waals surface area contributed by atoms with Gasteiger partial charge in [0.15, 0.2) is 0 Å². The first-order valence-electron chi connectivity index (χ1n) is 3.44. The minimum Gasteiger partial charge on any atom is -0.744 e. The molecule has 11 heteroatoms. The molecule has 0 spiro atoms. The largest absolute Gasteiger partial charge is 1.00 e. The molecule has 2 N–H and O–H groups in total. The Bertz CT molecular complexity index is 547. The Kier molecular flexibility index (Phi) is 9.80. The second kappa shape index (κ2) is 7.78. The Morgan fingerprint density at radius 2 is 1.18 bits per heavy atom. The van der Waals surface area contributed by atoms with E-state index >= 15 is 0 Å². The third-order valence-electron chi connectivity index (χ3n) is 1.56. The molecule has 0 heterocycles. The van der Waals surface area contributed by atoms with Crippen molar-refractivity contribution in [3.63, 3.8) is 0 Å². The molecule has 1 rings (SSSR count). The fourth-order valence-electron chi connectivity index (χ4n) is 0.960. The van der Waals surface area contributed by atoms with Gasteiger partial charge >= 0.3 is 103 Å². The summed E-state index contributed by atoms with van der Waals surface area (Å²) in [6.07, 6.45) is 0. The summed E-state index contributed by atoms with van der Waals surface area (Å²) in [6.45, 7) is 0. The molecule has 7 nitrogen and oxygen atoms in total. The summed E-state index contributed by atoms with van der Waals surface area (Å²) < 4.78 is 63.6. The number of nitrogen functional groups attached to an aromatic ring is 1. The van der Waals surface area contributed by atoms with Crippen molar-refractivity contribution in [1.29, 1.82) is 0 Å². The van der Waals surface area contributed by atoms with Gasteiger partial charge in [0, 0.05) is 0 Å². The number of rotatable bonds is 2. The summed E-state index contributed by atoms with van der Waals surface area (Å²) in [6, 6.07) is 2.60. The third kappa shape index (κ3) is 5.95. The van der Waals surface area contributed by atoms with Gasteiger partial charge in [-0.25, -0.2) is 16.8 Å². The molecule has 0 atom stereocenters. The smallest absolute Gasteiger partial charge is 0.744 e. The molecule has 17 heavy (non-hydrogen) atoms. The van der Waals surface area contributed by atoms with Crippen LogP contribution in [0.25, 0.3) is 0 Å². The summed E-state index contributed by atoms with van der Waals surface area (Å²) in [5.41, 5.74) is 4.25. The van der Waals surface area contributed by atoms with Crippen LogP contribution in [-0.4, -0.2) is 25.9 Å². The molecular formula is C6H5K2NO6S2. The molecule has 84 valence electrons. The van der Waals surface area contributed by atoms with Crippen molar-refractivity contribution in [3.8, 4) is 0 Å². The third-order valence-corrected chi connectivity index (χ3v) is 3.35.